The molecule has 0 aliphatic heterocycles. The molecule has 0 radical (unpaired) electrons. The molecule has 2 N–H and O–H groups in total. The SMILES string of the molecule is COc1cccc(Nc2cc(C(=O)NCc3ccccn3)ccn2)c1. The Labute approximate surface area is 145 Å². The Hall–Kier alpha value is -3.41. The molecule has 6 nitrogen and oxygen atoms in total. The van der Waals surface area contributed by atoms with Crippen LogP contribution in [0.15, 0.2) is 67.0 Å². The van der Waals surface area contributed by atoms with E-state index < -0.39 is 0 Å². The van der Waals surface area contributed by atoms with E-state index >= 15 is 0 Å². The van der Waals surface area contributed by atoms with E-state index in [1.54, 1.807) is 31.6 Å². The molecule has 2 aromatic heterocycles. The summed E-state index contributed by atoms with van der Waals surface area (Å²) in [4.78, 5) is 20.7. The summed E-state index contributed by atoms with van der Waals surface area (Å²) in [6.07, 6.45) is 3.29. The van der Waals surface area contributed by atoms with Gasteiger partial charge in [0.25, 0.3) is 5.91 Å². The van der Waals surface area contributed by atoms with Gasteiger partial charge in [0.15, 0.2) is 0 Å². The normalized spacial score (nSPS) is 10.1. The number of anilines is 2. The molecule has 0 saturated carbocycles. The molecule has 126 valence electrons. The van der Waals surface area contributed by atoms with Gasteiger partial charge in [0.2, 0.25) is 0 Å². The highest BCUT2D eigenvalue weighted by Gasteiger charge is 2.07. The molecular weight excluding hydrogens is 316 g/mol. The number of carbonyl (C=O) groups is 1. The Morgan fingerprint density at radius 3 is 2.76 bits per heavy atom. The van der Waals surface area contributed by atoms with Crippen molar-refractivity contribution in [3.05, 3.63) is 78.2 Å². The minimum Gasteiger partial charge on any atom is -0.497 e. The summed E-state index contributed by atoms with van der Waals surface area (Å²) in [7, 11) is 1.61. The maximum absolute atomic E-state index is 12.3. The highest BCUT2D eigenvalue weighted by molar-refractivity contribution is 5.94. The van der Waals surface area contributed by atoms with Crippen LogP contribution >= 0.6 is 0 Å². The Balaban J connectivity index is 1.67. The molecule has 0 aliphatic rings. The number of aromatic nitrogens is 2. The van der Waals surface area contributed by atoms with Gasteiger partial charge in [-0.15, -0.1) is 0 Å². The summed E-state index contributed by atoms with van der Waals surface area (Å²) < 4.78 is 5.20. The first kappa shape index (κ1) is 16.4. The number of hydrogen-bond donors (Lipinski definition) is 2. The zero-order valence-electron chi connectivity index (χ0n) is 13.8. The fourth-order valence-corrected chi connectivity index (χ4v) is 2.26. The molecule has 0 fully saturated rings. The third-order valence-electron chi connectivity index (χ3n) is 3.52. The summed E-state index contributed by atoms with van der Waals surface area (Å²) >= 11 is 0. The molecular formula is C19H18N4O2. The van der Waals surface area contributed by atoms with Crippen molar-refractivity contribution in [2.45, 2.75) is 6.54 Å². The smallest absolute Gasteiger partial charge is 0.251 e. The molecule has 0 bridgehead atoms. The Kier molecular flexibility index (Phi) is 5.21. The van der Waals surface area contributed by atoms with Crippen molar-refractivity contribution in [1.82, 2.24) is 15.3 Å². The first-order valence-corrected chi connectivity index (χ1v) is 7.80. The van der Waals surface area contributed by atoms with E-state index in [4.69, 9.17) is 4.74 Å². The number of carbonyl (C=O) groups excluding carboxylic acids is 1. The van der Waals surface area contributed by atoms with E-state index in [-0.39, 0.29) is 5.91 Å². The number of hydrogen-bond acceptors (Lipinski definition) is 5. The molecule has 25 heavy (non-hydrogen) atoms. The van der Waals surface area contributed by atoms with Gasteiger partial charge in [-0.05, 0) is 36.4 Å². The molecule has 0 atom stereocenters. The zero-order chi connectivity index (χ0) is 17.5. The van der Waals surface area contributed by atoms with E-state index in [1.807, 2.05) is 42.5 Å². The van der Waals surface area contributed by atoms with Crippen LogP contribution in [-0.4, -0.2) is 23.0 Å². The first-order valence-electron chi connectivity index (χ1n) is 7.80. The average molecular weight is 334 g/mol. The largest absolute Gasteiger partial charge is 0.497 e. The van der Waals surface area contributed by atoms with Crippen LogP contribution in [0, 0.1) is 0 Å². The number of pyridine rings is 2. The fourth-order valence-electron chi connectivity index (χ4n) is 2.26. The highest BCUT2D eigenvalue weighted by atomic mass is 16.5. The monoisotopic (exact) mass is 334 g/mol. The van der Waals surface area contributed by atoms with Gasteiger partial charge in [-0.3, -0.25) is 9.78 Å². The van der Waals surface area contributed by atoms with Crippen molar-refractivity contribution >= 4 is 17.4 Å². The van der Waals surface area contributed by atoms with E-state index in [0.29, 0.717) is 17.9 Å². The molecule has 0 aliphatic carbocycles. The molecule has 3 aromatic rings. The van der Waals surface area contributed by atoms with Crippen LogP contribution in [-0.2, 0) is 6.54 Å². The number of benzene rings is 1. The standard InChI is InChI=1S/C19H18N4O2/c1-25-17-7-4-6-15(12-17)23-18-11-14(8-10-21-18)19(24)22-13-16-5-2-3-9-20-16/h2-12H,13H2,1H3,(H,21,23)(H,22,24). The number of nitrogens with zero attached hydrogens (tertiary/aromatic N) is 2. The molecule has 3 rings (SSSR count). The van der Waals surface area contributed by atoms with Crippen molar-refractivity contribution in [2.75, 3.05) is 12.4 Å². The lowest BCUT2D eigenvalue weighted by molar-refractivity contribution is 0.0950. The van der Waals surface area contributed by atoms with Crippen molar-refractivity contribution in [1.29, 1.82) is 0 Å². The predicted molar refractivity (Wildman–Crippen MR) is 95.9 cm³/mol. The summed E-state index contributed by atoms with van der Waals surface area (Å²) in [5.41, 5.74) is 2.16. The van der Waals surface area contributed by atoms with Gasteiger partial charge >= 0.3 is 0 Å². The predicted octanol–water partition coefficient (Wildman–Crippen LogP) is 3.16. The second-order valence-corrected chi connectivity index (χ2v) is 5.29. The second kappa shape index (κ2) is 7.92. The van der Waals surface area contributed by atoms with Crippen molar-refractivity contribution in [3.8, 4) is 5.75 Å². The maximum atomic E-state index is 12.3. The van der Waals surface area contributed by atoms with Crippen LogP contribution in [0.4, 0.5) is 11.5 Å². The topological polar surface area (TPSA) is 76.1 Å². The Morgan fingerprint density at radius 1 is 1.04 bits per heavy atom. The van der Waals surface area contributed by atoms with E-state index in [0.717, 1.165) is 17.1 Å². The molecule has 2 heterocycles. The van der Waals surface area contributed by atoms with Crippen LogP contribution in [0.5, 0.6) is 5.75 Å². The number of amides is 1. The Morgan fingerprint density at radius 2 is 1.96 bits per heavy atom. The molecule has 0 saturated heterocycles. The van der Waals surface area contributed by atoms with Crippen LogP contribution in [0.2, 0.25) is 0 Å². The zero-order valence-corrected chi connectivity index (χ0v) is 13.8. The fraction of sp³-hybridized carbons (Fsp3) is 0.105. The average Bonchev–Trinajstić information content (AvgIpc) is 2.67. The van der Waals surface area contributed by atoms with Crippen LogP contribution < -0.4 is 15.4 Å². The third-order valence-corrected chi connectivity index (χ3v) is 3.52. The van der Waals surface area contributed by atoms with Gasteiger partial charge in [0, 0.05) is 29.7 Å². The first-order chi connectivity index (χ1) is 12.2. The quantitative estimate of drug-likeness (QED) is 0.724. The highest BCUT2D eigenvalue weighted by Crippen LogP contribution is 2.20. The van der Waals surface area contributed by atoms with E-state index in [9.17, 15) is 4.79 Å². The number of nitrogens with one attached hydrogen (secondary N) is 2. The lowest BCUT2D eigenvalue weighted by atomic mass is 10.2. The number of methoxy groups -OCH3 is 1. The van der Waals surface area contributed by atoms with Gasteiger partial charge in [-0.25, -0.2) is 4.98 Å². The lowest BCUT2D eigenvalue weighted by Crippen LogP contribution is -2.23. The maximum Gasteiger partial charge on any atom is 0.251 e. The van der Waals surface area contributed by atoms with E-state index in [2.05, 4.69) is 20.6 Å². The van der Waals surface area contributed by atoms with Crippen molar-refractivity contribution in [3.63, 3.8) is 0 Å². The molecule has 6 heteroatoms. The van der Waals surface area contributed by atoms with Gasteiger partial charge in [0.05, 0.1) is 19.3 Å². The minimum atomic E-state index is -0.179. The molecule has 0 unspecified atom stereocenters. The van der Waals surface area contributed by atoms with Crippen LogP contribution in [0.3, 0.4) is 0 Å². The summed E-state index contributed by atoms with van der Waals surface area (Å²) in [6, 6.07) is 16.5. The van der Waals surface area contributed by atoms with Gasteiger partial charge in [-0.1, -0.05) is 12.1 Å². The van der Waals surface area contributed by atoms with Gasteiger partial charge in [0.1, 0.15) is 11.6 Å². The molecule has 0 spiro atoms. The number of ether oxygens (including phenoxy) is 1. The van der Waals surface area contributed by atoms with Crippen LogP contribution in [0.1, 0.15) is 16.1 Å². The summed E-state index contributed by atoms with van der Waals surface area (Å²) in [6.45, 7) is 0.376. The second-order valence-electron chi connectivity index (χ2n) is 5.29. The van der Waals surface area contributed by atoms with Gasteiger partial charge in [-0.2, -0.15) is 0 Å². The van der Waals surface area contributed by atoms with E-state index in [1.165, 1.54) is 0 Å². The minimum absolute atomic E-state index is 0.179. The Bertz CT molecular complexity index is 853. The molecule has 1 amide bonds. The summed E-state index contributed by atoms with van der Waals surface area (Å²) in [5.74, 6) is 1.15. The lowest BCUT2D eigenvalue weighted by Gasteiger charge is -2.09. The van der Waals surface area contributed by atoms with Crippen molar-refractivity contribution < 1.29 is 9.53 Å². The van der Waals surface area contributed by atoms with Crippen molar-refractivity contribution in [2.24, 2.45) is 0 Å². The summed E-state index contributed by atoms with van der Waals surface area (Å²) in [5, 5.41) is 6.01. The van der Waals surface area contributed by atoms with Gasteiger partial charge < -0.3 is 15.4 Å². The van der Waals surface area contributed by atoms with Crippen LogP contribution in [0.25, 0.3) is 0 Å². The number of rotatable bonds is 6. The molecule has 1 aromatic carbocycles. The third kappa shape index (κ3) is 4.54.